The molecule has 0 aromatic rings. The van der Waals surface area contributed by atoms with Crippen LogP contribution in [0.5, 0.6) is 0 Å². The first kappa shape index (κ1) is 19.7. The Kier molecular flexibility index (Phi) is 15.6. The van der Waals surface area contributed by atoms with Crippen molar-refractivity contribution < 1.29 is 18.9 Å². The number of nitrogens with one attached hydrogen (secondary N) is 1. The van der Waals surface area contributed by atoms with E-state index < -0.39 is 0 Å². The van der Waals surface area contributed by atoms with Crippen LogP contribution in [0.25, 0.3) is 0 Å². The number of methoxy groups -OCH3 is 4. The number of hydrogen-bond donors (Lipinski definition) is 1. The van der Waals surface area contributed by atoms with E-state index >= 15 is 0 Å². The Morgan fingerprint density at radius 1 is 0.737 bits per heavy atom. The van der Waals surface area contributed by atoms with Crippen molar-refractivity contribution in [3.63, 3.8) is 0 Å². The van der Waals surface area contributed by atoms with Gasteiger partial charge < -0.3 is 24.3 Å². The lowest BCUT2D eigenvalue weighted by Crippen LogP contribution is -2.22. The molecule has 0 aliphatic heterocycles. The molecule has 0 aliphatic rings. The van der Waals surface area contributed by atoms with Crippen molar-refractivity contribution in [1.82, 2.24) is 5.32 Å². The zero-order valence-electron chi connectivity index (χ0n) is 12.5. The van der Waals surface area contributed by atoms with Crippen LogP contribution in [0.3, 0.4) is 0 Å². The van der Waals surface area contributed by atoms with E-state index in [1.807, 2.05) is 0 Å². The molecule has 0 aromatic heterocycles. The third-order valence-electron chi connectivity index (χ3n) is 2.63. The van der Waals surface area contributed by atoms with E-state index in [4.69, 9.17) is 18.9 Å². The van der Waals surface area contributed by atoms with Crippen molar-refractivity contribution in [3.8, 4) is 0 Å². The summed E-state index contributed by atoms with van der Waals surface area (Å²) >= 11 is 0. The van der Waals surface area contributed by atoms with Crippen LogP contribution >= 0.6 is 17.2 Å². The first-order valence-corrected chi connectivity index (χ1v) is 9.34. The molecule has 0 spiro atoms. The summed E-state index contributed by atoms with van der Waals surface area (Å²) in [6.07, 6.45) is 4.26. The molecule has 1 N–H and O–H groups in total. The minimum Gasteiger partial charge on any atom is -0.356 e. The molecule has 0 amide bonds. The van der Waals surface area contributed by atoms with Gasteiger partial charge in [-0.1, -0.05) is 0 Å². The minimum absolute atomic E-state index is 0.0418. The van der Waals surface area contributed by atoms with Gasteiger partial charge in [-0.15, -0.1) is 17.2 Å². The van der Waals surface area contributed by atoms with Crippen molar-refractivity contribution in [3.05, 3.63) is 0 Å². The maximum Gasteiger partial charge on any atom is 0.160 e. The van der Waals surface area contributed by atoms with Crippen LogP contribution in [0, 0.1) is 0 Å². The molecule has 0 bridgehead atoms. The highest BCUT2D eigenvalue weighted by Crippen LogP contribution is 2.13. The first-order valence-electron chi connectivity index (χ1n) is 6.51. The number of ether oxygens (including phenoxy) is 4. The van der Waals surface area contributed by atoms with Crippen LogP contribution in [0.15, 0.2) is 0 Å². The van der Waals surface area contributed by atoms with Crippen molar-refractivity contribution in [2.75, 3.05) is 66.2 Å². The first-order chi connectivity index (χ1) is 9.28. The second-order valence-electron chi connectivity index (χ2n) is 3.96. The lowest BCUT2D eigenvalue weighted by atomic mass is 10.6. The fraction of sp³-hybridized carbons (Fsp3) is 1.00. The molecule has 0 saturated carbocycles. The molecule has 0 rings (SSSR count). The van der Waals surface area contributed by atoms with E-state index in [9.17, 15) is 0 Å². The molecule has 19 heavy (non-hydrogen) atoms. The second-order valence-corrected chi connectivity index (χ2v) is 6.78. The highest BCUT2D eigenvalue weighted by atomic mass is 31.1. The number of hydrogen-bond acceptors (Lipinski definition) is 5. The highest BCUT2D eigenvalue weighted by Gasteiger charge is 2.04. The Labute approximate surface area is 121 Å². The van der Waals surface area contributed by atoms with Crippen LogP contribution < -0.4 is 5.32 Å². The van der Waals surface area contributed by atoms with Gasteiger partial charge >= 0.3 is 0 Å². The Bertz CT molecular complexity index is 163. The van der Waals surface area contributed by atoms with E-state index in [0.29, 0.717) is 0 Å². The summed E-state index contributed by atoms with van der Waals surface area (Å²) in [4.78, 5) is 0. The molecule has 2 atom stereocenters. The van der Waals surface area contributed by atoms with Crippen LogP contribution in [-0.4, -0.2) is 78.8 Å². The van der Waals surface area contributed by atoms with E-state index in [0.717, 1.165) is 42.6 Å². The van der Waals surface area contributed by atoms with Crippen LogP contribution in [0.1, 0.15) is 0 Å². The van der Waals surface area contributed by atoms with Crippen LogP contribution in [0.2, 0.25) is 0 Å². The highest BCUT2D eigenvalue weighted by molar-refractivity contribution is 7.38. The predicted molar refractivity (Wildman–Crippen MR) is 84.6 cm³/mol. The molecule has 0 saturated heterocycles. The fourth-order valence-electron chi connectivity index (χ4n) is 1.44. The predicted octanol–water partition coefficient (Wildman–Crippen LogP) is 1.17. The molecular formula is C12H29NO4P2. The Morgan fingerprint density at radius 3 is 1.42 bits per heavy atom. The van der Waals surface area contributed by atoms with Gasteiger partial charge in [-0.3, -0.25) is 0 Å². The third kappa shape index (κ3) is 12.1. The lowest BCUT2D eigenvalue weighted by Gasteiger charge is -2.13. The quantitative estimate of drug-likeness (QED) is 0.296. The van der Waals surface area contributed by atoms with Gasteiger partial charge in [0.2, 0.25) is 0 Å². The molecule has 2 unspecified atom stereocenters. The normalized spacial score (nSPS) is 12.9. The van der Waals surface area contributed by atoms with Crippen molar-refractivity contribution >= 4 is 17.2 Å². The minimum atomic E-state index is -0.0418. The van der Waals surface area contributed by atoms with Crippen molar-refractivity contribution in [1.29, 1.82) is 0 Å². The molecule has 7 heteroatoms. The largest absolute Gasteiger partial charge is 0.356 e. The SMILES string of the molecule is COC(CPCCNCCPCC(OC)OC)OC. The Morgan fingerprint density at radius 2 is 1.11 bits per heavy atom. The van der Waals surface area contributed by atoms with E-state index in [-0.39, 0.29) is 12.6 Å². The molecule has 0 aliphatic carbocycles. The van der Waals surface area contributed by atoms with Gasteiger partial charge in [0.15, 0.2) is 12.6 Å². The molecule has 0 fully saturated rings. The molecule has 0 heterocycles. The van der Waals surface area contributed by atoms with Gasteiger partial charge in [-0.25, -0.2) is 0 Å². The van der Waals surface area contributed by atoms with Crippen molar-refractivity contribution in [2.24, 2.45) is 0 Å². The fourth-order valence-corrected chi connectivity index (χ4v) is 3.70. The third-order valence-corrected chi connectivity index (χ3v) is 5.08. The van der Waals surface area contributed by atoms with Gasteiger partial charge in [0.1, 0.15) is 0 Å². The molecule has 0 radical (unpaired) electrons. The molecule has 0 aromatic carbocycles. The summed E-state index contributed by atoms with van der Waals surface area (Å²) in [7, 11) is 8.51. The zero-order chi connectivity index (χ0) is 14.3. The van der Waals surface area contributed by atoms with Crippen LogP contribution in [-0.2, 0) is 18.9 Å². The van der Waals surface area contributed by atoms with E-state index in [1.54, 1.807) is 28.4 Å². The van der Waals surface area contributed by atoms with E-state index in [1.165, 1.54) is 12.3 Å². The van der Waals surface area contributed by atoms with Gasteiger partial charge in [0.25, 0.3) is 0 Å². The summed E-state index contributed by atoms with van der Waals surface area (Å²) in [5.74, 6) is 0. The summed E-state index contributed by atoms with van der Waals surface area (Å²) < 4.78 is 20.6. The maximum atomic E-state index is 5.14. The molecule has 5 nitrogen and oxygen atoms in total. The monoisotopic (exact) mass is 313 g/mol. The standard InChI is InChI=1S/C12H29NO4P2/c1-14-11(15-2)9-18-7-5-13-6-8-19-10-12(16-3)17-4/h11-13,18-19H,5-10H2,1-4H3. The van der Waals surface area contributed by atoms with E-state index in [2.05, 4.69) is 5.32 Å². The Balaban J connectivity index is 3.19. The smallest absolute Gasteiger partial charge is 0.160 e. The molecule has 116 valence electrons. The summed E-state index contributed by atoms with van der Waals surface area (Å²) in [5, 5.41) is 3.46. The Hall–Kier alpha value is 0.660. The van der Waals surface area contributed by atoms with Crippen LogP contribution in [0.4, 0.5) is 0 Å². The second kappa shape index (κ2) is 15.1. The lowest BCUT2D eigenvalue weighted by molar-refractivity contribution is -0.0848. The average molecular weight is 313 g/mol. The van der Waals surface area contributed by atoms with Gasteiger partial charge in [-0.2, -0.15) is 0 Å². The summed E-state index contributed by atoms with van der Waals surface area (Å²) in [5.41, 5.74) is 0. The molecular weight excluding hydrogens is 284 g/mol. The van der Waals surface area contributed by atoms with Gasteiger partial charge in [-0.05, 0) is 25.4 Å². The maximum absolute atomic E-state index is 5.14. The summed E-state index contributed by atoms with van der Waals surface area (Å²) in [6.45, 7) is 2.14. The van der Waals surface area contributed by atoms with Gasteiger partial charge in [0, 0.05) is 40.8 Å². The topological polar surface area (TPSA) is 49.0 Å². The van der Waals surface area contributed by atoms with Crippen molar-refractivity contribution in [2.45, 2.75) is 12.6 Å². The van der Waals surface area contributed by atoms with Gasteiger partial charge in [0.05, 0.1) is 0 Å². The zero-order valence-corrected chi connectivity index (χ0v) is 14.5. The number of rotatable bonds is 14. The summed E-state index contributed by atoms with van der Waals surface area (Å²) in [6, 6.07) is 0. The average Bonchev–Trinajstić information content (AvgIpc) is 2.45.